The third-order valence-electron chi connectivity index (χ3n) is 6.09. The van der Waals surface area contributed by atoms with Crippen molar-refractivity contribution < 1.29 is 14.3 Å². The molecule has 4 rings (SSSR count). The summed E-state index contributed by atoms with van der Waals surface area (Å²) in [5, 5.41) is 12.5. The van der Waals surface area contributed by atoms with E-state index >= 15 is 0 Å². The zero-order valence-corrected chi connectivity index (χ0v) is 18.1. The quantitative estimate of drug-likeness (QED) is 0.776. The SMILES string of the molecule is COc1ccc(NC(=O)c2nnc(C3CCN(C(=O)C4CCCCC4)CC3)s2)cc1. The minimum absolute atomic E-state index is 0.227. The number of aromatic nitrogens is 2. The molecule has 2 amide bonds. The molecule has 2 heterocycles. The van der Waals surface area contributed by atoms with Gasteiger partial charge < -0.3 is 15.0 Å². The van der Waals surface area contributed by atoms with Gasteiger partial charge in [-0.05, 0) is 49.9 Å². The van der Waals surface area contributed by atoms with Crippen molar-refractivity contribution in [2.45, 2.75) is 50.9 Å². The number of ether oxygens (including phenoxy) is 1. The molecule has 2 aromatic rings. The molecule has 30 heavy (non-hydrogen) atoms. The first-order valence-corrected chi connectivity index (χ1v) is 11.5. The van der Waals surface area contributed by atoms with Gasteiger partial charge in [-0.2, -0.15) is 0 Å². The van der Waals surface area contributed by atoms with Crippen molar-refractivity contribution in [1.82, 2.24) is 15.1 Å². The maximum absolute atomic E-state index is 12.7. The zero-order valence-electron chi connectivity index (χ0n) is 17.3. The van der Waals surface area contributed by atoms with E-state index in [0.717, 1.165) is 49.5 Å². The van der Waals surface area contributed by atoms with Crippen LogP contribution in [0.25, 0.3) is 0 Å². The van der Waals surface area contributed by atoms with Gasteiger partial charge in [0.1, 0.15) is 10.8 Å². The van der Waals surface area contributed by atoms with Crippen molar-refractivity contribution >= 4 is 28.8 Å². The molecule has 8 heteroatoms. The maximum Gasteiger partial charge on any atom is 0.286 e. The Morgan fingerprint density at radius 2 is 1.73 bits per heavy atom. The Labute approximate surface area is 180 Å². The standard InChI is InChI=1S/C22H28N4O3S/c1-29-18-9-7-17(8-10-18)23-19(27)21-25-24-20(30-21)15-11-13-26(14-12-15)22(28)16-5-3-2-4-6-16/h7-10,15-16H,2-6,11-14H2,1H3,(H,23,27). The van der Waals surface area contributed by atoms with Crippen LogP contribution < -0.4 is 10.1 Å². The van der Waals surface area contributed by atoms with E-state index in [2.05, 4.69) is 15.5 Å². The van der Waals surface area contributed by atoms with E-state index in [1.165, 1.54) is 30.6 Å². The van der Waals surface area contributed by atoms with Gasteiger partial charge in [-0.25, -0.2) is 0 Å². The second-order valence-electron chi connectivity index (χ2n) is 8.06. The van der Waals surface area contributed by atoms with E-state index in [0.29, 0.717) is 16.6 Å². The average molecular weight is 429 g/mol. The van der Waals surface area contributed by atoms with E-state index in [1.54, 1.807) is 31.4 Å². The molecule has 1 saturated heterocycles. The Bertz CT molecular complexity index is 869. The summed E-state index contributed by atoms with van der Waals surface area (Å²) < 4.78 is 5.13. The van der Waals surface area contributed by atoms with Crippen LogP contribution in [0.2, 0.25) is 0 Å². The number of anilines is 1. The molecule has 0 radical (unpaired) electrons. The van der Waals surface area contributed by atoms with Gasteiger partial charge in [-0.15, -0.1) is 10.2 Å². The molecule has 1 aromatic heterocycles. The number of rotatable bonds is 5. The summed E-state index contributed by atoms with van der Waals surface area (Å²) in [5.41, 5.74) is 0.687. The average Bonchev–Trinajstić information content (AvgIpc) is 3.30. The molecule has 1 aliphatic heterocycles. The van der Waals surface area contributed by atoms with Gasteiger partial charge in [0.05, 0.1) is 7.11 Å². The summed E-state index contributed by atoms with van der Waals surface area (Å²) in [7, 11) is 1.60. The largest absolute Gasteiger partial charge is 0.497 e. The van der Waals surface area contributed by atoms with Gasteiger partial charge in [0.15, 0.2) is 0 Å². The number of carbonyl (C=O) groups excluding carboxylic acids is 2. The topological polar surface area (TPSA) is 84.4 Å². The molecule has 7 nitrogen and oxygen atoms in total. The Balaban J connectivity index is 1.30. The number of methoxy groups -OCH3 is 1. The molecule has 0 bridgehead atoms. The fraction of sp³-hybridized carbons (Fsp3) is 0.545. The van der Waals surface area contributed by atoms with Crippen molar-refractivity contribution in [1.29, 1.82) is 0 Å². The second-order valence-corrected chi connectivity index (χ2v) is 9.07. The summed E-state index contributed by atoms with van der Waals surface area (Å²) >= 11 is 1.35. The lowest BCUT2D eigenvalue weighted by Crippen LogP contribution is -2.41. The molecule has 2 fully saturated rings. The molecule has 1 aliphatic carbocycles. The molecule has 1 aromatic carbocycles. The van der Waals surface area contributed by atoms with Crippen LogP contribution in [0.15, 0.2) is 24.3 Å². The van der Waals surface area contributed by atoms with Crippen molar-refractivity contribution in [3.8, 4) is 5.75 Å². The van der Waals surface area contributed by atoms with Crippen molar-refractivity contribution in [3.63, 3.8) is 0 Å². The van der Waals surface area contributed by atoms with Crippen LogP contribution in [0, 0.1) is 5.92 Å². The number of carbonyl (C=O) groups is 2. The van der Waals surface area contributed by atoms with Crippen LogP contribution in [0.4, 0.5) is 5.69 Å². The first kappa shape index (κ1) is 20.8. The monoisotopic (exact) mass is 428 g/mol. The molecular formula is C22H28N4O3S. The van der Waals surface area contributed by atoms with Crippen LogP contribution in [0.3, 0.4) is 0 Å². The number of benzene rings is 1. The molecule has 1 saturated carbocycles. The predicted molar refractivity (Wildman–Crippen MR) is 116 cm³/mol. The highest BCUT2D eigenvalue weighted by atomic mass is 32.1. The van der Waals surface area contributed by atoms with Gasteiger partial charge in [0, 0.05) is 30.6 Å². The summed E-state index contributed by atoms with van der Waals surface area (Å²) in [4.78, 5) is 27.3. The van der Waals surface area contributed by atoms with Gasteiger partial charge >= 0.3 is 0 Å². The summed E-state index contributed by atoms with van der Waals surface area (Å²) in [6.07, 6.45) is 7.47. The molecule has 2 aliphatic rings. The Morgan fingerprint density at radius 1 is 1.03 bits per heavy atom. The van der Waals surface area contributed by atoms with Crippen LogP contribution in [-0.4, -0.2) is 47.1 Å². The normalized spacial score (nSPS) is 18.2. The number of hydrogen-bond donors (Lipinski definition) is 1. The van der Waals surface area contributed by atoms with Gasteiger partial charge in [0.2, 0.25) is 10.9 Å². The van der Waals surface area contributed by atoms with Gasteiger partial charge in [-0.3, -0.25) is 9.59 Å². The van der Waals surface area contributed by atoms with Gasteiger partial charge in [-0.1, -0.05) is 30.6 Å². The van der Waals surface area contributed by atoms with Crippen LogP contribution >= 0.6 is 11.3 Å². The summed E-state index contributed by atoms with van der Waals surface area (Å²) in [6.45, 7) is 1.54. The lowest BCUT2D eigenvalue weighted by Gasteiger charge is -2.34. The summed E-state index contributed by atoms with van der Waals surface area (Å²) in [6, 6.07) is 7.17. The van der Waals surface area contributed by atoms with Crippen LogP contribution in [-0.2, 0) is 4.79 Å². The number of likely N-dealkylation sites (tertiary alicyclic amines) is 1. The highest BCUT2D eigenvalue weighted by molar-refractivity contribution is 7.13. The number of hydrogen-bond acceptors (Lipinski definition) is 6. The van der Waals surface area contributed by atoms with Crippen molar-refractivity contribution in [2.24, 2.45) is 5.92 Å². The van der Waals surface area contributed by atoms with E-state index in [-0.39, 0.29) is 17.7 Å². The molecular weight excluding hydrogens is 400 g/mol. The first-order valence-electron chi connectivity index (χ1n) is 10.7. The fourth-order valence-electron chi connectivity index (χ4n) is 4.30. The smallest absolute Gasteiger partial charge is 0.286 e. The Hall–Kier alpha value is -2.48. The van der Waals surface area contributed by atoms with E-state index < -0.39 is 0 Å². The highest BCUT2D eigenvalue weighted by Crippen LogP contribution is 2.32. The van der Waals surface area contributed by atoms with Crippen LogP contribution in [0.1, 0.15) is 65.7 Å². The lowest BCUT2D eigenvalue weighted by molar-refractivity contribution is -0.137. The molecule has 0 unspecified atom stereocenters. The fourth-order valence-corrected chi connectivity index (χ4v) is 5.21. The van der Waals surface area contributed by atoms with E-state index in [9.17, 15) is 9.59 Å². The van der Waals surface area contributed by atoms with E-state index in [1.807, 2.05) is 4.90 Å². The van der Waals surface area contributed by atoms with Crippen LogP contribution in [0.5, 0.6) is 5.75 Å². The third kappa shape index (κ3) is 4.80. The Kier molecular flexibility index (Phi) is 6.62. The van der Waals surface area contributed by atoms with Crippen molar-refractivity contribution in [3.05, 3.63) is 34.3 Å². The minimum atomic E-state index is -0.256. The first-order chi connectivity index (χ1) is 14.6. The van der Waals surface area contributed by atoms with Gasteiger partial charge in [0.25, 0.3) is 5.91 Å². The third-order valence-corrected chi connectivity index (χ3v) is 7.18. The zero-order chi connectivity index (χ0) is 20.9. The summed E-state index contributed by atoms with van der Waals surface area (Å²) in [5.74, 6) is 1.31. The lowest BCUT2D eigenvalue weighted by atomic mass is 9.87. The Morgan fingerprint density at radius 3 is 2.40 bits per heavy atom. The number of nitrogens with one attached hydrogen (secondary N) is 1. The minimum Gasteiger partial charge on any atom is -0.497 e. The second kappa shape index (κ2) is 9.55. The highest BCUT2D eigenvalue weighted by Gasteiger charge is 2.31. The number of amides is 2. The van der Waals surface area contributed by atoms with E-state index in [4.69, 9.17) is 4.74 Å². The molecule has 0 atom stereocenters. The number of nitrogens with zero attached hydrogens (tertiary/aromatic N) is 3. The molecule has 0 spiro atoms. The molecule has 160 valence electrons. The van der Waals surface area contributed by atoms with Crippen molar-refractivity contribution in [2.75, 3.05) is 25.5 Å². The molecule has 1 N–H and O–H groups in total. The predicted octanol–water partition coefficient (Wildman–Crippen LogP) is 4.09. The maximum atomic E-state index is 12.7. The number of piperidine rings is 1.